The molecule has 106 valence electrons. The standard InChI is InChI=1S/C12H18N2O5/c1-9-8-10(13-19-9)12(16)14(6-7-17-2)5-4-11(15)18-3/h8H,4-7H2,1-3H3. The number of hydrogen-bond acceptors (Lipinski definition) is 6. The molecule has 0 aliphatic heterocycles. The zero-order valence-electron chi connectivity index (χ0n) is 11.3. The van der Waals surface area contributed by atoms with Crippen LogP contribution < -0.4 is 0 Å². The molecule has 1 rings (SSSR count). The van der Waals surface area contributed by atoms with Crippen molar-refractivity contribution in [3.63, 3.8) is 0 Å². The van der Waals surface area contributed by atoms with Crippen molar-refractivity contribution < 1.29 is 23.6 Å². The smallest absolute Gasteiger partial charge is 0.307 e. The van der Waals surface area contributed by atoms with E-state index in [1.807, 2.05) is 0 Å². The Balaban J connectivity index is 2.66. The molecule has 1 aromatic rings. The summed E-state index contributed by atoms with van der Waals surface area (Å²) >= 11 is 0. The molecule has 0 aliphatic carbocycles. The van der Waals surface area contributed by atoms with E-state index in [-0.39, 0.29) is 30.5 Å². The van der Waals surface area contributed by atoms with Gasteiger partial charge in [-0.2, -0.15) is 0 Å². The number of amides is 1. The van der Waals surface area contributed by atoms with Crippen LogP contribution in [0.4, 0.5) is 0 Å². The van der Waals surface area contributed by atoms with E-state index in [4.69, 9.17) is 9.26 Å². The molecule has 0 radical (unpaired) electrons. The lowest BCUT2D eigenvalue weighted by molar-refractivity contribution is -0.140. The number of esters is 1. The Hall–Kier alpha value is -1.89. The summed E-state index contributed by atoms with van der Waals surface area (Å²) in [4.78, 5) is 24.8. The van der Waals surface area contributed by atoms with Gasteiger partial charge < -0.3 is 18.9 Å². The lowest BCUT2D eigenvalue weighted by Gasteiger charge is -2.20. The fourth-order valence-electron chi connectivity index (χ4n) is 1.47. The molecule has 1 amide bonds. The molecule has 1 heterocycles. The summed E-state index contributed by atoms with van der Waals surface area (Å²) in [5.74, 6) is -0.104. The zero-order valence-corrected chi connectivity index (χ0v) is 11.3. The third kappa shape index (κ3) is 4.70. The van der Waals surface area contributed by atoms with Gasteiger partial charge in [0.1, 0.15) is 5.76 Å². The molecule has 0 unspecified atom stereocenters. The van der Waals surface area contributed by atoms with Crippen LogP contribution in [0, 0.1) is 6.92 Å². The van der Waals surface area contributed by atoms with Crippen molar-refractivity contribution in [3.8, 4) is 0 Å². The SMILES string of the molecule is COCCN(CCC(=O)OC)C(=O)c1cc(C)on1. The van der Waals surface area contributed by atoms with Crippen LogP contribution in [0.15, 0.2) is 10.6 Å². The number of aromatic nitrogens is 1. The van der Waals surface area contributed by atoms with Crippen molar-refractivity contribution in [2.24, 2.45) is 0 Å². The van der Waals surface area contributed by atoms with E-state index in [0.29, 0.717) is 18.9 Å². The minimum Gasteiger partial charge on any atom is -0.469 e. The van der Waals surface area contributed by atoms with Crippen LogP contribution in [0.1, 0.15) is 22.7 Å². The van der Waals surface area contributed by atoms with Crippen molar-refractivity contribution in [1.29, 1.82) is 0 Å². The minimum atomic E-state index is -0.369. The van der Waals surface area contributed by atoms with Gasteiger partial charge in [-0.25, -0.2) is 0 Å². The molecule has 0 aliphatic rings. The van der Waals surface area contributed by atoms with E-state index in [9.17, 15) is 9.59 Å². The minimum absolute atomic E-state index is 0.128. The van der Waals surface area contributed by atoms with Crippen LogP contribution in [0.5, 0.6) is 0 Å². The number of nitrogens with zero attached hydrogens (tertiary/aromatic N) is 2. The first-order chi connectivity index (χ1) is 9.08. The fourth-order valence-corrected chi connectivity index (χ4v) is 1.47. The maximum atomic E-state index is 12.2. The number of methoxy groups -OCH3 is 2. The van der Waals surface area contributed by atoms with Crippen molar-refractivity contribution in [2.45, 2.75) is 13.3 Å². The molecule has 19 heavy (non-hydrogen) atoms. The van der Waals surface area contributed by atoms with E-state index >= 15 is 0 Å². The number of hydrogen-bond donors (Lipinski definition) is 0. The summed E-state index contributed by atoms with van der Waals surface area (Å²) in [5, 5.41) is 3.67. The monoisotopic (exact) mass is 270 g/mol. The number of carbonyl (C=O) groups excluding carboxylic acids is 2. The van der Waals surface area contributed by atoms with Gasteiger partial charge in [-0.05, 0) is 6.92 Å². The Morgan fingerprint density at radius 1 is 1.37 bits per heavy atom. The van der Waals surface area contributed by atoms with Crippen LogP contribution in [0.25, 0.3) is 0 Å². The van der Waals surface area contributed by atoms with E-state index < -0.39 is 0 Å². The van der Waals surface area contributed by atoms with Gasteiger partial charge in [0.25, 0.3) is 5.91 Å². The van der Waals surface area contributed by atoms with Gasteiger partial charge in [0.15, 0.2) is 5.69 Å². The molecule has 0 aromatic carbocycles. The van der Waals surface area contributed by atoms with E-state index in [1.165, 1.54) is 12.0 Å². The largest absolute Gasteiger partial charge is 0.469 e. The summed E-state index contributed by atoms with van der Waals surface area (Å²) in [6, 6.07) is 1.56. The summed E-state index contributed by atoms with van der Waals surface area (Å²) in [6.07, 6.45) is 0.128. The number of rotatable bonds is 7. The van der Waals surface area contributed by atoms with Gasteiger partial charge >= 0.3 is 5.97 Å². The lowest BCUT2D eigenvalue weighted by Crippen LogP contribution is -2.36. The second-order valence-electron chi connectivity index (χ2n) is 3.93. The first-order valence-electron chi connectivity index (χ1n) is 5.86. The first kappa shape index (κ1) is 15.2. The van der Waals surface area contributed by atoms with Crippen LogP contribution in [-0.4, -0.2) is 55.8 Å². The summed E-state index contributed by atoms with van der Waals surface area (Å²) in [6.45, 7) is 2.71. The number of ether oxygens (including phenoxy) is 2. The van der Waals surface area contributed by atoms with Gasteiger partial charge in [0.05, 0.1) is 20.1 Å². The van der Waals surface area contributed by atoms with E-state index in [1.54, 1.807) is 20.1 Å². The van der Waals surface area contributed by atoms with Gasteiger partial charge in [0, 0.05) is 26.3 Å². The van der Waals surface area contributed by atoms with E-state index in [0.717, 1.165) is 0 Å². The Bertz CT molecular complexity index is 430. The maximum absolute atomic E-state index is 12.2. The van der Waals surface area contributed by atoms with Crippen molar-refractivity contribution >= 4 is 11.9 Å². The normalized spacial score (nSPS) is 10.3. The van der Waals surface area contributed by atoms with E-state index in [2.05, 4.69) is 9.89 Å². The second kappa shape index (κ2) is 7.52. The quantitative estimate of drug-likeness (QED) is 0.676. The molecule has 0 saturated carbocycles. The predicted octanol–water partition coefficient (Wildman–Crippen LogP) is 0.635. The maximum Gasteiger partial charge on any atom is 0.307 e. The summed E-state index contributed by atoms with van der Waals surface area (Å²) in [7, 11) is 2.86. The topological polar surface area (TPSA) is 81.9 Å². The molecule has 0 saturated heterocycles. The Labute approximate surface area is 111 Å². The molecule has 0 spiro atoms. The zero-order chi connectivity index (χ0) is 14.3. The van der Waals surface area contributed by atoms with Crippen LogP contribution in [0.3, 0.4) is 0 Å². The number of aryl methyl sites for hydroxylation is 1. The van der Waals surface area contributed by atoms with Gasteiger partial charge in [-0.3, -0.25) is 9.59 Å². The average molecular weight is 270 g/mol. The second-order valence-corrected chi connectivity index (χ2v) is 3.93. The highest BCUT2D eigenvalue weighted by molar-refractivity contribution is 5.92. The Kier molecular flexibility index (Phi) is 6.01. The molecule has 0 bridgehead atoms. The van der Waals surface area contributed by atoms with Gasteiger partial charge in [0.2, 0.25) is 0 Å². The average Bonchev–Trinajstić information content (AvgIpc) is 2.84. The van der Waals surface area contributed by atoms with Gasteiger partial charge in [-0.1, -0.05) is 5.16 Å². The molecule has 0 fully saturated rings. The first-order valence-corrected chi connectivity index (χ1v) is 5.86. The number of carbonyl (C=O) groups is 2. The highest BCUT2D eigenvalue weighted by Gasteiger charge is 2.20. The molecule has 7 nitrogen and oxygen atoms in total. The summed E-state index contributed by atoms with van der Waals surface area (Å²) in [5.41, 5.74) is 0.221. The molecule has 0 N–H and O–H groups in total. The third-order valence-corrected chi connectivity index (χ3v) is 2.51. The lowest BCUT2D eigenvalue weighted by atomic mass is 10.3. The van der Waals surface area contributed by atoms with Crippen molar-refractivity contribution in [1.82, 2.24) is 10.1 Å². The third-order valence-electron chi connectivity index (χ3n) is 2.51. The van der Waals surface area contributed by atoms with Crippen LogP contribution in [0.2, 0.25) is 0 Å². The highest BCUT2D eigenvalue weighted by Crippen LogP contribution is 2.07. The fraction of sp³-hybridized carbons (Fsp3) is 0.583. The summed E-state index contributed by atoms with van der Waals surface area (Å²) < 4.78 is 14.4. The van der Waals surface area contributed by atoms with Gasteiger partial charge in [-0.15, -0.1) is 0 Å². The molecule has 1 aromatic heterocycles. The molecule has 0 atom stereocenters. The van der Waals surface area contributed by atoms with Crippen molar-refractivity contribution in [3.05, 3.63) is 17.5 Å². The Morgan fingerprint density at radius 3 is 2.63 bits per heavy atom. The molecular weight excluding hydrogens is 252 g/mol. The molecule has 7 heteroatoms. The highest BCUT2D eigenvalue weighted by atomic mass is 16.5. The molecular formula is C12H18N2O5. The Morgan fingerprint density at radius 2 is 2.11 bits per heavy atom. The van der Waals surface area contributed by atoms with Crippen LogP contribution >= 0.6 is 0 Å². The van der Waals surface area contributed by atoms with Crippen molar-refractivity contribution in [2.75, 3.05) is 33.9 Å². The predicted molar refractivity (Wildman–Crippen MR) is 65.7 cm³/mol. The van der Waals surface area contributed by atoms with Crippen LogP contribution in [-0.2, 0) is 14.3 Å².